The summed E-state index contributed by atoms with van der Waals surface area (Å²) in [5, 5.41) is 5.55. The molecule has 0 spiro atoms. The number of nitrogens with zero attached hydrogens (tertiary/aromatic N) is 3. The van der Waals surface area contributed by atoms with E-state index in [1.54, 1.807) is 24.3 Å². The van der Waals surface area contributed by atoms with Gasteiger partial charge in [0.05, 0.1) is 0 Å². The van der Waals surface area contributed by atoms with Gasteiger partial charge in [-0.05, 0) is 63.1 Å². The lowest BCUT2D eigenvalue weighted by Gasteiger charge is -2.36. The lowest BCUT2D eigenvalue weighted by Crippen LogP contribution is -2.46. The number of benzene rings is 1. The third-order valence-electron chi connectivity index (χ3n) is 5.64. The van der Waals surface area contributed by atoms with Gasteiger partial charge in [-0.1, -0.05) is 6.07 Å². The largest absolute Gasteiger partial charge is 0.339 e. The third-order valence-corrected chi connectivity index (χ3v) is 5.64. The van der Waals surface area contributed by atoms with Crippen molar-refractivity contribution in [2.75, 3.05) is 32.0 Å². The van der Waals surface area contributed by atoms with E-state index in [1.807, 2.05) is 44.1 Å². The molecule has 2 N–H and O–H groups in total. The SMILES string of the molecule is CC(C)NC(=O)Nc1ccc(C(=O)N(C)C2CCN(CCc3ccccn3)CC2)cc1. The summed E-state index contributed by atoms with van der Waals surface area (Å²) in [5.74, 6) is 0.0186. The number of carbonyl (C=O) groups is 2. The van der Waals surface area contributed by atoms with Crippen LogP contribution in [-0.4, -0.2) is 65.5 Å². The number of rotatable bonds is 7. The van der Waals surface area contributed by atoms with E-state index >= 15 is 0 Å². The Bertz CT molecular complexity index is 846. The maximum Gasteiger partial charge on any atom is 0.319 e. The summed E-state index contributed by atoms with van der Waals surface area (Å²) >= 11 is 0. The zero-order valence-corrected chi connectivity index (χ0v) is 18.7. The van der Waals surface area contributed by atoms with Crippen molar-refractivity contribution in [3.8, 4) is 0 Å². The Morgan fingerprint density at radius 3 is 2.45 bits per heavy atom. The van der Waals surface area contributed by atoms with E-state index in [-0.39, 0.29) is 24.0 Å². The summed E-state index contributed by atoms with van der Waals surface area (Å²) < 4.78 is 0. The van der Waals surface area contributed by atoms with Crippen LogP contribution in [0.4, 0.5) is 10.5 Å². The molecule has 2 aromatic rings. The molecule has 0 aliphatic carbocycles. The van der Waals surface area contributed by atoms with E-state index in [1.165, 1.54) is 0 Å². The van der Waals surface area contributed by atoms with Crippen molar-refractivity contribution in [2.24, 2.45) is 0 Å². The van der Waals surface area contributed by atoms with Crippen molar-refractivity contribution in [1.29, 1.82) is 0 Å². The fourth-order valence-corrected chi connectivity index (χ4v) is 3.84. The number of amides is 3. The number of aromatic nitrogens is 1. The van der Waals surface area contributed by atoms with Gasteiger partial charge in [-0.3, -0.25) is 9.78 Å². The topological polar surface area (TPSA) is 77.6 Å². The summed E-state index contributed by atoms with van der Waals surface area (Å²) in [7, 11) is 1.89. The summed E-state index contributed by atoms with van der Waals surface area (Å²) in [5.41, 5.74) is 2.42. The monoisotopic (exact) mass is 423 g/mol. The molecule has 31 heavy (non-hydrogen) atoms. The molecule has 3 amide bonds. The van der Waals surface area contributed by atoms with Gasteiger partial charge in [-0.15, -0.1) is 0 Å². The number of urea groups is 1. The average molecular weight is 424 g/mol. The van der Waals surface area contributed by atoms with Crippen LogP contribution in [0.15, 0.2) is 48.7 Å². The molecule has 3 rings (SSSR count). The highest BCUT2D eigenvalue weighted by Gasteiger charge is 2.26. The number of piperidine rings is 1. The molecule has 0 unspecified atom stereocenters. The van der Waals surface area contributed by atoms with Crippen LogP contribution in [0.2, 0.25) is 0 Å². The van der Waals surface area contributed by atoms with E-state index in [4.69, 9.17) is 0 Å². The quantitative estimate of drug-likeness (QED) is 0.716. The molecule has 166 valence electrons. The highest BCUT2D eigenvalue weighted by atomic mass is 16.2. The minimum Gasteiger partial charge on any atom is -0.339 e. The maximum absolute atomic E-state index is 12.9. The van der Waals surface area contributed by atoms with Crippen LogP contribution in [0.5, 0.6) is 0 Å². The highest BCUT2D eigenvalue weighted by Crippen LogP contribution is 2.19. The van der Waals surface area contributed by atoms with Gasteiger partial charge in [-0.2, -0.15) is 0 Å². The Balaban J connectivity index is 1.46. The van der Waals surface area contributed by atoms with E-state index in [9.17, 15) is 9.59 Å². The molecule has 7 heteroatoms. The maximum atomic E-state index is 12.9. The standard InChI is InChI=1S/C24H33N5O2/c1-18(2)26-24(31)27-21-9-7-19(8-10-21)23(30)28(3)22-12-16-29(17-13-22)15-11-20-6-4-5-14-25-20/h4-10,14,18,22H,11-13,15-17H2,1-3H3,(H2,26,27,31). The summed E-state index contributed by atoms with van der Waals surface area (Å²) in [6, 6.07) is 13.2. The Morgan fingerprint density at radius 1 is 1.13 bits per heavy atom. The van der Waals surface area contributed by atoms with Gasteiger partial charge < -0.3 is 20.4 Å². The molecule has 0 radical (unpaired) electrons. The summed E-state index contributed by atoms with van der Waals surface area (Å²) in [6.07, 6.45) is 4.74. The molecule has 1 aliphatic heterocycles. The van der Waals surface area contributed by atoms with E-state index in [2.05, 4.69) is 26.6 Å². The van der Waals surface area contributed by atoms with E-state index < -0.39 is 0 Å². The first-order valence-electron chi connectivity index (χ1n) is 11.0. The lowest BCUT2D eigenvalue weighted by atomic mass is 10.0. The first kappa shape index (κ1) is 22.7. The normalized spacial score (nSPS) is 15.0. The van der Waals surface area contributed by atoms with Gasteiger partial charge in [0, 0.05) is 68.3 Å². The number of likely N-dealkylation sites (tertiary alicyclic amines) is 1. The van der Waals surface area contributed by atoms with Crippen molar-refractivity contribution < 1.29 is 9.59 Å². The zero-order chi connectivity index (χ0) is 22.2. The van der Waals surface area contributed by atoms with Crippen LogP contribution in [0, 0.1) is 0 Å². The first-order chi connectivity index (χ1) is 14.9. The van der Waals surface area contributed by atoms with Gasteiger partial charge in [0.25, 0.3) is 5.91 Å². The minimum absolute atomic E-state index is 0.0186. The van der Waals surface area contributed by atoms with Crippen molar-refractivity contribution >= 4 is 17.6 Å². The summed E-state index contributed by atoms with van der Waals surface area (Å²) in [4.78, 5) is 33.4. The molecule has 1 fully saturated rings. The fourth-order valence-electron chi connectivity index (χ4n) is 3.84. The fraction of sp³-hybridized carbons (Fsp3) is 0.458. The molecular formula is C24H33N5O2. The van der Waals surface area contributed by atoms with E-state index in [0.717, 1.165) is 44.6 Å². The number of pyridine rings is 1. The van der Waals surface area contributed by atoms with Gasteiger partial charge in [0.2, 0.25) is 0 Å². The molecule has 0 saturated carbocycles. The molecule has 2 heterocycles. The Labute approximate surface area is 184 Å². The zero-order valence-electron chi connectivity index (χ0n) is 18.7. The lowest BCUT2D eigenvalue weighted by molar-refractivity contribution is 0.0643. The van der Waals surface area contributed by atoms with Crippen molar-refractivity contribution in [3.05, 3.63) is 59.9 Å². The van der Waals surface area contributed by atoms with Gasteiger partial charge in [0.15, 0.2) is 0 Å². The molecule has 0 bridgehead atoms. The molecule has 1 aromatic heterocycles. The smallest absolute Gasteiger partial charge is 0.319 e. The Hall–Kier alpha value is -2.93. The number of hydrogen-bond acceptors (Lipinski definition) is 4. The number of hydrogen-bond donors (Lipinski definition) is 2. The Kier molecular flexibility index (Phi) is 8.00. The number of nitrogens with one attached hydrogen (secondary N) is 2. The second kappa shape index (κ2) is 10.9. The van der Waals surface area contributed by atoms with Crippen LogP contribution >= 0.6 is 0 Å². The highest BCUT2D eigenvalue weighted by molar-refractivity contribution is 5.95. The van der Waals surface area contributed by atoms with Crippen LogP contribution < -0.4 is 10.6 Å². The van der Waals surface area contributed by atoms with Crippen molar-refractivity contribution in [2.45, 2.75) is 45.2 Å². The molecule has 0 atom stereocenters. The number of carbonyl (C=O) groups excluding carboxylic acids is 2. The number of anilines is 1. The van der Waals surface area contributed by atoms with Crippen molar-refractivity contribution in [3.63, 3.8) is 0 Å². The van der Waals surface area contributed by atoms with Crippen LogP contribution in [0.1, 0.15) is 42.7 Å². The predicted molar refractivity (Wildman–Crippen MR) is 123 cm³/mol. The molecule has 1 aliphatic rings. The van der Waals surface area contributed by atoms with Crippen LogP contribution in [0.25, 0.3) is 0 Å². The average Bonchev–Trinajstić information content (AvgIpc) is 2.78. The summed E-state index contributed by atoms with van der Waals surface area (Å²) in [6.45, 7) is 6.79. The van der Waals surface area contributed by atoms with Gasteiger partial charge in [0.1, 0.15) is 0 Å². The van der Waals surface area contributed by atoms with Crippen molar-refractivity contribution in [1.82, 2.24) is 20.1 Å². The molecule has 7 nitrogen and oxygen atoms in total. The Morgan fingerprint density at radius 2 is 1.84 bits per heavy atom. The predicted octanol–water partition coefficient (Wildman–Crippen LogP) is 3.39. The second-order valence-electron chi connectivity index (χ2n) is 8.39. The van der Waals surface area contributed by atoms with Gasteiger partial charge in [-0.25, -0.2) is 4.79 Å². The van der Waals surface area contributed by atoms with Gasteiger partial charge >= 0.3 is 6.03 Å². The molecular weight excluding hydrogens is 390 g/mol. The molecule has 1 aromatic carbocycles. The van der Waals surface area contributed by atoms with E-state index in [0.29, 0.717) is 11.3 Å². The third kappa shape index (κ3) is 6.79. The van der Waals surface area contributed by atoms with Crippen LogP contribution in [-0.2, 0) is 6.42 Å². The van der Waals surface area contributed by atoms with Crippen LogP contribution in [0.3, 0.4) is 0 Å². The molecule has 1 saturated heterocycles. The minimum atomic E-state index is -0.249. The second-order valence-corrected chi connectivity index (χ2v) is 8.39. The first-order valence-corrected chi connectivity index (χ1v) is 11.0.